The predicted octanol–water partition coefficient (Wildman–Crippen LogP) is 2.91. The second-order valence-corrected chi connectivity index (χ2v) is 5.36. The Hall–Kier alpha value is -1.84. The Morgan fingerprint density at radius 2 is 2.10 bits per heavy atom. The Bertz CT molecular complexity index is 609. The summed E-state index contributed by atoms with van der Waals surface area (Å²) in [5.41, 5.74) is 3.44. The summed E-state index contributed by atoms with van der Waals surface area (Å²) in [6.07, 6.45) is 0.661. The van der Waals surface area contributed by atoms with E-state index < -0.39 is 6.10 Å². The molecule has 0 radical (unpaired) electrons. The number of hydrogen-bond acceptors (Lipinski definition) is 3. The lowest BCUT2D eigenvalue weighted by Gasteiger charge is -2.29. The zero-order valence-electron chi connectivity index (χ0n) is 12.2. The minimum atomic E-state index is -0.557. The summed E-state index contributed by atoms with van der Waals surface area (Å²) in [6.45, 7) is 0.664. The third kappa shape index (κ3) is 3.09. The summed E-state index contributed by atoms with van der Waals surface area (Å²) in [4.78, 5) is 0. The summed E-state index contributed by atoms with van der Waals surface area (Å²) in [5.74, 6) is 0.810. The number of methoxy groups -OCH3 is 1. The van der Waals surface area contributed by atoms with E-state index in [9.17, 15) is 5.11 Å². The first kappa shape index (κ1) is 14.1. The summed E-state index contributed by atoms with van der Waals surface area (Å²) in [5, 5.41) is 10.6. The van der Waals surface area contributed by atoms with Crippen LogP contribution in [0.1, 0.15) is 22.8 Å². The molecule has 3 heteroatoms. The molecule has 1 N–H and O–H groups in total. The molecule has 0 spiro atoms. The van der Waals surface area contributed by atoms with E-state index in [-0.39, 0.29) is 6.10 Å². The lowest BCUT2D eigenvalue weighted by Crippen LogP contribution is -2.28. The highest BCUT2D eigenvalue weighted by Gasteiger charge is 2.27. The number of ether oxygens (including phenoxy) is 2. The Morgan fingerprint density at radius 3 is 2.95 bits per heavy atom. The van der Waals surface area contributed by atoms with Crippen LogP contribution >= 0.6 is 0 Å². The van der Waals surface area contributed by atoms with Crippen LogP contribution in [-0.4, -0.2) is 24.9 Å². The van der Waals surface area contributed by atoms with Crippen molar-refractivity contribution in [1.29, 1.82) is 0 Å². The van der Waals surface area contributed by atoms with Crippen LogP contribution in [0.2, 0.25) is 0 Å². The highest BCUT2D eigenvalue weighted by molar-refractivity contribution is 5.33. The van der Waals surface area contributed by atoms with Gasteiger partial charge >= 0.3 is 0 Å². The normalized spacial score (nSPS) is 18.9. The quantitative estimate of drug-likeness (QED) is 0.938. The Labute approximate surface area is 125 Å². The van der Waals surface area contributed by atoms with E-state index in [4.69, 9.17) is 9.47 Å². The molecule has 0 aliphatic carbocycles. The maximum Gasteiger partial charge on any atom is 0.119 e. The van der Waals surface area contributed by atoms with E-state index in [2.05, 4.69) is 6.07 Å². The third-order valence-corrected chi connectivity index (χ3v) is 3.96. The molecule has 0 saturated heterocycles. The molecule has 2 aromatic rings. The fourth-order valence-electron chi connectivity index (χ4n) is 2.89. The first-order chi connectivity index (χ1) is 10.3. The van der Waals surface area contributed by atoms with Crippen molar-refractivity contribution in [2.75, 3.05) is 13.7 Å². The molecule has 0 aromatic heterocycles. The maximum atomic E-state index is 10.6. The van der Waals surface area contributed by atoms with Crippen LogP contribution < -0.4 is 4.74 Å². The molecular formula is C18H20O3. The molecule has 110 valence electrons. The Morgan fingerprint density at radius 1 is 1.24 bits per heavy atom. The fourth-order valence-corrected chi connectivity index (χ4v) is 2.89. The average molecular weight is 284 g/mol. The van der Waals surface area contributed by atoms with Gasteiger partial charge in [-0.2, -0.15) is 0 Å². The lowest BCUT2D eigenvalue weighted by molar-refractivity contribution is -0.0460. The van der Waals surface area contributed by atoms with Gasteiger partial charge in [-0.1, -0.05) is 36.4 Å². The molecule has 0 saturated carbocycles. The van der Waals surface area contributed by atoms with Crippen LogP contribution in [0.5, 0.6) is 5.75 Å². The predicted molar refractivity (Wildman–Crippen MR) is 81.5 cm³/mol. The van der Waals surface area contributed by atoms with Crippen molar-refractivity contribution in [2.24, 2.45) is 0 Å². The minimum Gasteiger partial charge on any atom is -0.497 e. The molecule has 2 atom stereocenters. The van der Waals surface area contributed by atoms with E-state index >= 15 is 0 Å². The summed E-state index contributed by atoms with van der Waals surface area (Å²) < 4.78 is 11.0. The zero-order chi connectivity index (χ0) is 14.7. The summed E-state index contributed by atoms with van der Waals surface area (Å²) in [6, 6.07) is 16.0. The SMILES string of the molecule is COc1cccc(CC(O)C2OCCc3ccccc32)c1. The molecule has 0 bridgehead atoms. The second-order valence-electron chi connectivity index (χ2n) is 5.36. The molecule has 2 unspecified atom stereocenters. The second kappa shape index (κ2) is 6.29. The molecule has 0 amide bonds. The Kier molecular flexibility index (Phi) is 4.23. The van der Waals surface area contributed by atoms with Crippen LogP contribution in [-0.2, 0) is 17.6 Å². The molecule has 3 rings (SSSR count). The van der Waals surface area contributed by atoms with Crippen molar-refractivity contribution in [3.8, 4) is 5.75 Å². The number of aliphatic hydroxyl groups excluding tert-OH is 1. The van der Waals surface area contributed by atoms with Crippen molar-refractivity contribution in [1.82, 2.24) is 0 Å². The van der Waals surface area contributed by atoms with E-state index in [1.165, 1.54) is 5.56 Å². The van der Waals surface area contributed by atoms with Crippen molar-refractivity contribution in [3.63, 3.8) is 0 Å². The summed E-state index contributed by atoms with van der Waals surface area (Å²) >= 11 is 0. The summed E-state index contributed by atoms with van der Waals surface area (Å²) in [7, 11) is 1.65. The van der Waals surface area contributed by atoms with Gasteiger partial charge in [0, 0.05) is 6.42 Å². The topological polar surface area (TPSA) is 38.7 Å². The van der Waals surface area contributed by atoms with Crippen LogP contribution in [0.25, 0.3) is 0 Å². The van der Waals surface area contributed by atoms with E-state index in [1.807, 2.05) is 42.5 Å². The van der Waals surface area contributed by atoms with E-state index in [0.29, 0.717) is 13.0 Å². The molecule has 3 nitrogen and oxygen atoms in total. The monoisotopic (exact) mass is 284 g/mol. The van der Waals surface area contributed by atoms with Crippen molar-refractivity contribution < 1.29 is 14.6 Å². The van der Waals surface area contributed by atoms with Gasteiger partial charge in [-0.15, -0.1) is 0 Å². The van der Waals surface area contributed by atoms with Crippen molar-refractivity contribution in [2.45, 2.75) is 25.0 Å². The number of hydrogen-bond donors (Lipinski definition) is 1. The van der Waals surface area contributed by atoms with Gasteiger partial charge in [-0.25, -0.2) is 0 Å². The van der Waals surface area contributed by atoms with Crippen molar-refractivity contribution in [3.05, 3.63) is 65.2 Å². The van der Waals surface area contributed by atoms with E-state index in [0.717, 1.165) is 23.3 Å². The minimum absolute atomic E-state index is 0.249. The van der Waals surface area contributed by atoms with Gasteiger partial charge in [-0.3, -0.25) is 0 Å². The lowest BCUT2D eigenvalue weighted by atomic mass is 9.92. The highest BCUT2D eigenvalue weighted by Crippen LogP contribution is 2.31. The van der Waals surface area contributed by atoms with Gasteiger partial charge in [-0.05, 0) is 35.2 Å². The molecule has 1 aliphatic heterocycles. The molecule has 2 aromatic carbocycles. The van der Waals surface area contributed by atoms with Gasteiger partial charge in [0.2, 0.25) is 0 Å². The first-order valence-electron chi connectivity index (χ1n) is 7.28. The van der Waals surface area contributed by atoms with Gasteiger partial charge in [0.15, 0.2) is 0 Å². The van der Waals surface area contributed by atoms with Crippen LogP contribution in [0.15, 0.2) is 48.5 Å². The number of benzene rings is 2. The largest absolute Gasteiger partial charge is 0.497 e. The molecule has 0 fully saturated rings. The molecule has 1 heterocycles. The standard InChI is InChI=1S/C18H20O3/c1-20-15-7-4-5-13(11-15)12-17(19)18-16-8-3-2-6-14(16)9-10-21-18/h2-8,11,17-19H,9-10,12H2,1H3. The van der Waals surface area contributed by atoms with Gasteiger partial charge in [0.1, 0.15) is 11.9 Å². The van der Waals surface area contributed by atoms with Crippen LogP contribution in [0.3, 0.4) is 0 Å². The third-order valence-electron chi connectivity index (χ3n) is 3.96. The molecule has 1 aliphatic rings. The number of rotatable bonds is 4. The van der Waals surface area contributed by atoms with Gasteiger partial charge < -0.3 is 14.6 Å². The highest BCUT2D eigenvalue weighted by atomic mass is 16.5. The van der Waals surface area contributed by atoms with Crippen LogP contribution in [0, 0.1) is 0 Å². The van der Waals surface area contributed by atoms with Crippen molar-refractivity contribution >= 4 is 0 Å². The molecule has 21 heavy (non-hydrogen) atoms. The van der Waals surface area contributed by atoms with E-state index in [1.54, 1.807) is 7.11 Å². The fraction of sp³-hybridized carbons (Fsp3) is 0.333. The number of fused-ring (bicyclic) bond motifs is 1. The smallest absolute Gasteiger partial charge is 0.119 e. The Balaban J connectivity index is 1.78. The number of aliphatic hydroxyl groups is 1. The molecular weight excluding hydrogens is 264 g/mol. The van der Waals surface area contributed by atoms with Gasteiger partial charge in [0.05, 0.1) is 19.8 Å². The maximum absolute atomic E-state index is 10.6. The first-order valence-corrected chi connectivity index (χ1v) is 7.28. The van der Waals surface area contributed by atoms with Gasteiger partial charge in [0.25, 0.3) is 0 Å². The average Bonchev–Trinajstić information content (AvgIpc) is 2.54. The van der Waals surface area contributed by atoms with Crippen LogP contribution in [0.4, 0.5) is 0 Å². The zero-order valence-corrected chi connectivity index (χ0v) is 12.2.